The summed E-state index contributed by atoms with van der Waals surface area (Å²) in [7, 11) is 0. The summed E-state index contributed by atoms with van der Waals surface area (Å²) in [5, 5.41) is 12.4. The zero-order valence-corrected chi connectivity index (χ0v) is 19.9. The molecule has 180 valence electrons. The lowest BCUT2D eigenvalue weighted by atomic mass is 9.57. The summed E-state index contributed by atoms with van der Waals surface area (Å²) >= 11 is 1.40. The van der Waals surface area contributed by atoms with E-state index in [4.69, 9.17) is 0 Å². The molecule has 4 aromatic rings. The molecule has 0 spiro atoms. The number of pyridine rings is 1. The van der Waals surface area contributed by atoms with Crippen LogP contribution in [0.2, 0.25) is 0 Å². The predicted molar refractivity (Wildman–Crippen MR) is 129 cm³/mol. The summed E-state index contributed by atoms with van der Waals surface area (Å²) in [6.07, 6.45) is 6.81. The molecule has 35 heavy (non-hydrogen) atoms. The molecule has 0 radical (unpaired) electrons. The second-order valence-electron chi connectivity index (χ2n) is 9.80. The van der Waals surface area contributed by atoms with Crippen LogP contribution in [0.3, 0.4) is 0 Å². The van der Waals surface area contributed by atoms with Gasteiger partial charge in [-0.25, -0.2) is 23.7 Å². The highest BCUT2D eigenvalue weighted by Gasteiger charge is 2.47. The van der Waals surface area contributed by atoms with Crippen LogP contribution in [0.25, 0.3) is 33.0 Å². The molecule has 2 N–H and O–H groups in total. The number of nitrogens with zero attached hydrogens (tertiary/aromatic N) is 3. The van der Waals surface area contributed by atoms with Crippen molar-refractivity contribution in [2.75, 3.05) is 0 Å². The second kappa shape index (κ2) is 8.48. The number of rotatable bonds is 5. The monoisotopic (exact) mass is 494 g/mol. The van der Waals surface area contributed by atoms with Gasteiger partial charge in [0.15, 0.2) is 11.6 Å². The van der Waals surface area contributed by atoms with Gasteiger partial charge in [-0.3, -0.25) is 4.79 Å². The van der Waals surface area contributed by atoms with Gasteiger partial charge < -0.3 is 10.1 Å². The van der Waals surface area contributed by atoms with E-state index < -0.39 is 23.5 Å². The molecule has 2 unspecified atom stereocenters. The molecule has 3 saturated carbocycles. The Morgan fingerprint density at radius 3 is 2.66 bits per heavy atom. The van der Waals surface area contributed by atoms with Gasteiger partial charge >= 0.3 is 5.97 Å². The van der Waals surface area contributed by atoms with Gasteiger partial charge in [0, 0.05) is 17.1 Å². The highest BCUT2D eigenvalue weighted by atomic mass is 32.1. The molecule has 2 atom stereocenters. The molecule has 3 aliphatic rings. The number of carbonyl (C=O) groups is 1. The Hall–Kier alpha value is -3.20. The molecule has 6 nitrogen and oxygen atoms in total. The van der Waals surface area contributed by atoms with E-state index in [1.165, 1.54) is 17.4 Å². The number of carboxylic acids is 1. The zero-order valence-electron chi connectivity index (χ0n) is 19.1. The molecular formula is C26H24F2N4O2S. The number of H-pyrrole nitrogens is 1. The van der Waals surface area contributed by atoms with Crippen LogP contribution in [0.4, 0.5) is 8.78 Å². The second-order valence-corrected chi connectivity index (χ2v) is 10.7. The minimum atomic E-state index is -0.800. The topological polar surface area (TPSA) is 91.8 Å². The largest absolute Gasteiger partial charge is 0.481 e. The lowest BCUT2D eigenvalue weighted by Crippen LogP contribution is -2.45. The van der Waals surface area contributed by atoms with Gasteiger partial charge in [0.05, 0.1) is 22.7 Å². The molecule has 0 aromatic carbocycles. The van der Waals surface area contributed by atoms with Crippen LogP contribution in [0.15, 0.2) is 29.9 Å². The Labute approximate surface area is 204 Å². The highest BCUT2D eigenvalue weighted by Crippen LogP contribution is 2.50. The third-order valence-corrected chi connectivity index (χ3v) is 8.78. The fourth-order valence-corrected chi connectivity index (χ4v) is 6.99. The summed E-state index contributed by atoms with van der Waals surface area (Å²) in [5.74, 6) is -1.80. The first kappa shape index (κ1) is 22.3. The molecule has 2 bridgehead atoms. The maximum absolute atomic E-state index is 15.9. The van der Waals surface area contributed by atoms with E-state index in [0.717, 1.165) is 37.4 Å². The first-order valence-electron chi connectivity index (χ1n) is 11.9. The predicted octanol–water partition coefficient (Wildman–Crippen LogP) is 6.01. The van der Waals surface area contributed by atoms with Gasteiger partial charge in [-0.1, -0.05) is 0 Å². The van der Waals surface area contributed by atoms with E-state index >= 15 is 4.39 Å². The van der Waals surface area contributed by atoms with Crippen LogP contribution in [0.5, 0.6) is 0 Å². The van der Waals surface area contributed by atoms with Crippen LogP contribution in [0, 0.1) is 42.2 Å². The Balaban J connectivity index is 1.50. The van der Waals surface area contributed by atoms with Crippen molar-refractivity contribution in [3.05, 3.63) is 52.8 Å². The van der Waals surface area contributed by atoms with E-state index in [0.29, 0.717) is 21.5 Å². The van der Waals surface area contributed by atoms with E-state index in [1.54, 1.807) is 6.20 Å². The number of fused-ring (bicyclic) bond motifs is 4. The van der Waals surface area contributed by atoms with Crippen molar-refractivity contribution in [2.45, 2.75) is 39.0 Å². The van der Waals surface area contributed by atoms with Crippen molar-refractivity contribution < 1.29 is 18.7 Å². The maximum Gasteiger partial charge on any atom is 0.307 e. The molecule has 3 fully saturated rings. The third kappa shape index (κ3) is 3.82. The quantitative estimate of drug-likeness (QED) is 0.354. The number of carboxylic acid groups (broad SMARTS) is 1. The number of nitrogens with one attached hydrogen (secondary N) is 1. The summed E-state index contributed by atoms with van der Waals surface area (Å²) in [4.78, 5) is 29.1. The summed E-state index contributed by atoms with van der Waals surface area (Å²) in [5.41, 5.74) is 2.43. The van der Waals surface area contributed by atoms with Gasteiger partial charge in [-0.15, -0.1) is 11.3 Å². The van der Waals surface area contributed by atoms with Crippen LogP contribution < -0.4 is 0 Å². The lowest BCUT2D eigenvalue weighted by Gasteiger charge is -2.46. The van der Waals surface area contributed by atoms with Crippen LogP contribution in [-0.4, -0.2) is 31.0 Å². The van der Waals surface area contributed by atoms with E-state index in [-0.39, 0.29) is 41.4 Å². The number of aryl methyl sites for hydroxylation is 1. The smallest absolute Gasteiger partial charge is 0.307 e. The van der Waals surface area contributed by atoms with Gasteiger partial charge in [0.1, 0.15) is 17.2 Å². The highest BCUT2D eigenvalue weighted by molar-refractivity contribution is 7.13. The van der Waals surface area contributed by atoms with Gasteiger partial charge in [-0.2, -0.15) is 0 Å². The molecule has 7 rings (SSSR count). The molecule has 0 saturated heterocycles. The van der Waals surface area contributed by atoms with Crippen LogP contribution in [0.1, 0.15) is 36.9 Å². The molecule has 0 amide bonds. The average Bonchev–Trinajstić information content (AvgIpc) is 3.46. The Morgan fingerprint density at radius 1 is 1.17 bits per heavy atom. The third-order valence-electron chi connectivity index (χ3n) is 7.73. The van der Waals surface area contributed by atoms with Crippen molar-refractivity contribution in [1.82, 2.24) is 19.9 Å². The van der Waals surface area contributed by atoms with Crippen molar-refractivity contribution in [3.63, 3.8) is 0 Å². The molecule has 0 aliphatic heterocycles. The number of hydrogen-bond donors (Lipinski definition) is 2. The number of aromatic nitrogens is 4. The fraction of sp³-hybridized carbons (Fsp3) is 0.385. The first-order chi connectivity index (χ1) is 16.9. The summed E-state index contributed by atoms with van der Waals surface area (Å²) in [6.45, 7) is 1.94. The SMILES string of the molecule is Cc1csc(-c2nc(-c3c[nH]c4ncc(F)cc34)nc(CC3C4CCC(CC4)C3C(=O)O)c2F)c1. The number of thiophene rings is 1. The minimum absolute atomic E-state index is 0.133. The molecule has 3 aliphatic carbocycles. The van der Waals surface area contributed by atoms with Crippen molar-refractivity contribution in [1.29, 1.82) is 0 Å². The van der Waals surface area contributed by atoms with E-state index in [2.05, 4.69) is 19.9 Å². The van der Waals surface area contributed by atoms with E-state index in [9.17, 15) is 14.3 Å². The number of hydrogen-bond acceptors (Lipinski definition) is 5. The van der Waals surface area contributed by atoms with Crippen molar-refractivity contribution in [3.8, 4) is 22.0 Å². The molecule has 4 aromatic heterocycles. The molecule has 9 heteroatoms. The van der Waals surface area contributed by atoms with Gasteiger partial charge in [0.2, 0.25) is 0 Å². The normalized spacial score (nSPS) is 23.7. The minimum Gasteiger partial charge on any atom is -0.481 e. The lowest BCUT2D eigenvalue weighted by molar-refractivity contribution is -0.152. The standard InChI is InChI=1S/C26H24F2N4O2S/c1-12-6-20(35-11-12)23-22(28)19(8-16-13-2-4-14(5-3-13)21(16)26(33)34)31-25(32-23)18-10-30-24-17(18)7-15(27)9-29-24/h6-7,9-11,13-14,16,21H,2-5,8H2,1H3,(H,29,30)(H,33,34). The number of aromatic amines is 1. The fourth-order valence-electron chi connectivity index (χ4n) is 6.11. The Morgan fingerprint density at radius 2 is 1.94 bits per heavy atom. The summed E-state index contributed by atoms with van der Waals surface area (Å²) in [6, 6.07) is 3.23. The van der Waals surface area contributed by atoms with Gasteiger partial charge in [-0.05, 0) is 79.9 Å². The zero-order chi connectivity index (χ0) is 24.3. The van der Waals surface area contributed by atoms with Crippen LogP contribution >= 0.6 is 11.3 Å². The van der Waals surface area contributed by atoms with E-state index in [1.807, 2.05) is 18.4 Å². The van der Waals surface area contributed by atoms with Crippen molar-refractivity contribution in [2.24, 2.45) is 23.7 Å². The first-order valence-corrected chi connectivity index (χ1v) is 12.7. The Kier molecular flexibility index (Phi) is 5.40. The number of aliphatic carboxylic acids is 1. The van der Waals surface area contributed by atoms with Crippen LogP contribution in [-0.2, 0) is 11.2 Å². The Bertz CT molecular complexity index is 1440. The van der Waals surface area contributed by atoms with Crippen molar-refractivity contribution >= 4 is 28.3 Å². The molecule has 4 heterocycles. The number of halogens is 2. The molecular weight excluding hydrogens is 470 g/mol. The maximum atomic E-state index is 15.9. The average molecular weight is 495 g/mol. The summed E-state index contributed by atoms with van der Waals surface area (Å²) < 4.78 is 29.9. The van der Waals surface area contributed by atoms with Gasteiger partial charge in [0.25, 0.3) is 0 Å².